The summed E-state index contributed by atoms with van der Waals surface area (Å²) in [5.74, 6) is 0.855. The van der Waals surface area contributed by atoms with Crippen LogP contribution in [0.5, 0.6) is 5.75 Å². The highest BCUT2D eigenvalue weighted by Gasteiger charge is 1.98. The molecule has 1 N–H and O–H groups in total. The molecule has 0 saturated carbocycles. The van der Waals surface area contributed by atoms with E-state index < -0.39 is 0 Å². The highest BCUT2D eigenvalue weighted by atomic mass is 16.5. The SMILES string of the molecule is CCCn1cc(OCCCNc2ccccc2)cn1. The van der Waals surface area contributed by atoms with Gasteiger partial charge in [-0.1, -0.05) is 25.1 Å². The first-order valence-electron chi connectivity index (χ1n) is 6.82. The molecule has 0 fully saturated rings. The highest BCUT2D eigenvalue weighted by Crippen LogP contribution is 2.09. The van der Waals surface area contributed by atoms with Gasteiger partial charge >= 0.3 is 0 Å². The number of aromatic nitrogens is 2. The van der Waals surface area contributed by atoms with E-state index >= 15 is 0 Å². The molecule has 0 radical (unpaired) electrons. The molecule has 0 atom stereocenters. The molecule has 0 spiro atoms. The second-order valence-electron chi connectivity index (χ2n) is 4.43. The zero-order valence-electron chi connectivity index (χ0n) is 11.4. The summed E-state index contributed by atoms with van der Waals surface area (Å²) in [6.45, 7) is 4.70. The monoisotopic (exact) mass is 259 g/mol. The molecule has 0 bridgehead atoms. The van der Waals surface area contributed by atoms with Crippen LogP contribution in [0.15, 0.2) is 42.7 Å². The van der Waals surface area contributed by atoms with Gasteiger partial charge in [-0.25, -0.2) is 0 Å². The van der Waals surface area contributed by atoms with E-state index in [4.69, 9.17) is 4.74 Å². The fourth-order valence-corrected chi connectivity index (χ4v) is 1.82. The third kappa shape index (κ3) is 4.66. The average molecular weight is 259 g/mol. The van der Waals surface area contributed by atoms with Crippen molar-refractivity contribution in [2.45, 2.75) is 26.3 Å². The van der Waals surface area contributed by atoms with Crippen LogP contribution in [0.25, 0.3) is 0 Å². The predicted octanol–water partition coefficient (Wildman–Crippen LogP) is 3.17. The molecule has 0 saturated heterocycles. The second-order valence-corrected chi connectivity index (χ2v) is 4.43. The van der Waals surface area contributed by atoms with Gasteiger partial charge in [0.1, 0.15) is 0 Å². The Morgan fingerprint density at radius 3 is 2.89 bits per heavy atom. The van der Waals surface area contributed by atoms with Crippen LogP contribution in [0, 0.1) is 0 Å². The quantitative estimate of drug-likeness (QED) is 0.740. The van der Waals surface area contributed by atoms with E-state index in [9.17, 15) is 0 Å². The van der Waals surface area contributed by atoms with Crippen LogP contribution in [0.4, 0.5) is 5.69 Å². The van der Waals surface area contributed by atoms with Gasteiger partial charge in [0.15, 0.2) is 5.75 Å². The molecular formula is C15H21N3O. The number of para-hydroxylation sites is 1. The number of nitrogens with one attached hydrogen (secondary N) is 1. The van der Waals surface area contributed by atoms with E-state index in [0.29, 0.717) is 6.61 Å². The normalized spacial score (nSPS) is 10.4. The highest BCUT2D eigenvalue weighted by molar-refractivity contribution is 5.42. The van der Waals surface area contributed by atoms with Crippen molar-refractivity contribution in [1.29, 1.82) is 0 Å². The Kier molecular flexibility index (Phi) is 5.29. The van der Waals surface area contributed by atoms with Gasteiger partial charge in [-0.05, 0) is 25.0 Å². The van der Waals surface area contributed by atoms with Crippen molar-refractivity contribution >= 4 is 5.69 Å². The standard InChI is InChI=1S/C15H21N3O/c1-2-10-18-13-15(12-17-18)19-11-6-9-16-14-7-4-3-5-8-14/h3-5,7-8,12-13,16H,2,6,9-11H2,1H3. The second kappa shape index (κ2) is 7.46. The first kappa shape index (κ1) is 13.5. The van der Waals surface area contributed by atoms with Crippen LogP contribution in [0.3, 0.4) is 0 Å². The number of hydrogen-bond donors (Lipinski definition) is 1. The minimum Gasteiger partial charge on any atom is -0.490 e. The van der Waals surface area contributed by atoms with Crippen LogP contribution in [0.1, 0.15) is 19.8 Å². The summed E-state index contributed by atoms with van der Waals surface area (Å²) in [6.07, 6.45) is 5.78. The van der Waals surface area contributed by atoms with E-state index in [2.05, 4.69) is 29.5 Å². The lowest BCUT2D eigenvalue weighted by molar-refractivity contribution is 0.314. The lowest BCUT2D eigenvalue weighted by atomic mass is 10.3. The van der Waals surface area contributed by atoms with Crippen LogP contribution >= 0.6 is 0 Å². The number of rotatable bonds is 8. The van der Waals surface area contributed by atoms with E-state index in [-0.39, 0.29) is 0 Å². The molecule has 1 heterocycles. The van der Waals surface area contributed by atoms with Gasteiger partial charge in [0.2, 0.25) is 0 Å². The van der Waals surface area contributed by atoms with Gasteiger partial charge in [-0.3, -0.25) is 4.68 Å². The largest absolute Gasteiger partial charge is 0.490 e. The summed E-state index contributed by atoms with van der Waals surface area (Å²) < 4.78 is 7.56. The van der Waals surface area contributed by atoms with Crippen molar-refractivity contribution in [3.8, 4) is 5.75 Å². The van der Waals surface area contributed by atoms with Crippen LogP contribution < -0.4 is 10.1 Å². The summed E-state index contributed by atoms with van der Waals surface area (Å²) in [6, 6.07) is 10.2. The number of benzene rings is 1. The lowest BCUT2D eigenvalue weighted by Gasteiger charge is -2.06. The lowest BCUT2D eigenvalue weighted by Crippen LogP contribution is -2.06. The zero-order chi connectivity index (χ0) is 13.3. The maximum atomic E-state index is 5.65. The average Bonchev–Trinajstić information content (AvgIpc) is 2.88. The van der Waals surface area contributed by atoms with E-state index in [1.54, 1.807) is 6.20 Å². The molecule has 2 rings (SSSR count). The van der Waals surface area contributed by atoms with Crippen molar-refractivity contribution in [1.82, 2.24) is 9.78 Å². The van der Waals surface area contributed by atoms with Crippen molar-refractivity contribution < 1.29 is 4.74 Å². The number of hydrogen-bond acceptors (Lipinski definition) is 3. The van der Waals surface area contributed by atoms with Gasteiger partial charge in [0.25, 0.3) is 0 Å². The fourth-order valence-electron chi connectivity index (χ4n) is 1.82. The van der Waals surface area contributed by atoms with E-state index in [0.717, 1.165) is 37.4 Å². The number of nitrogens with zero attached hydrogens (tertiary/aromatic N) is 2. The Morgan fingerprint density at radius 2 is 2.11 bits per heavy atom. The molecule has 1 aromatic carbocycles. The molecule has 4 heteroatoms. The summed E-state index contributed by atoms with van der Waals surface area (Å²) >= 11 is 0. The first-order valence-corrected chi connectivity index (χ1v) is 6.82. The Morgan fingerprint density at radius 1 is 1.26 bits per heavy atom. The molecule has 102 valence electrons. The molecule has 4 nitrogen and oxygen atoms in total. The minimum absolute atomic E-state index is 0.706. The Hall–Kier alpha value is -1.97. The van der Waals surface area contributed by atoms with Gasteiger partial charge in [-0.15, -0.1) is 0 Å². The third-order valence-corrected chi connectivity index (χ3v) is 2.76. The fraction of sp³-hybridized carbons (Fsp3) is 0.400. The zero-order valence-corrected chi connectivity index (χ0v) is 11.4. The molecule has 0 aliphatic heterocycles. The van der Waals surface area contributed by atoms with E-state index in [1.807, 2.05) is 29.1 Å². The number of aryl methyl sites for hydroxylation is 1. The van der Waals surface area contributed by atoms with Crippen LogP contribution in [0.2, 0.25) is 0 Å². The molecule has 2 aromatic rings. The van der Waals surface area contributed by atoms with Crippen molar-refractivity contribution in [3.63, 3.8) is 0 Å². The molecule has 0 aliphatic rings. The van der Waals surface area contributed by atoms with Crippen LogP contribution in [-0.4, -0.2) is 22.9 Å². The number of ether oxygens (including phenoxy) is 1. The Labute approximate surface area is 114 Å². The first-order chi connectivity index (χ1) is 9.38. The van der Waals surface area contributed by atoms with Crippen molar-refractivity contribution in [2.24, 2.45) is 0 Å². The maximum absolute atomic E-state index is 5.65. The maximum Gasteiger partial charge on any atom is 0.157 e. The van der Waals surface area contributed by atoms with Gasteiger partial charge < -0.3 is 10.1 Å². The van der Waals surface area contributed by atoms with Crippen molar-refractivity contribution in [3.05, 3.63) is 42.7 Å². The van der Waals surface area contributed by atoms with Gasteiger partial charge in [0, 0.05) is 18.8 Å². The topological polar surface area (TPSA) is 39.1 Å². The molecule has 0 unspecified atom stereocenters. The van der Waals surface area contributed by atoms with Gasteiger partial charge in [0.05, 0.1) is 19.0 Å². The Bertz CT molecular complexity index is 467. The van der Waals surface area contributed by atoms with Crippen molar-refractivity contribution in [2.75, 3.05) is 18.5 Å². The molecule has 1 aromatic heterocycles. The molecule has 19 heavy (non-hydrogen) atoms. The molecule has 0 aliphatic carbocycles. The molecular weight excluding hydrogens is 238 g/mol. The third-order valence-electron chi connectivity index (χ3n) is 2.76. The summed E-state index contributed by atoms with van der Waals surface area (Å²) in [5, 5.41) is 7.58. The van der Waals surface area contributed by atoms with Gasteiger partial charge in [-0.2, -0.15) is 5.10 Å². The van der Waals surface area contributed by atoms with E-state index in [1.165, 1.54) is 0 Å². The minimum atomic E-state index is 0.706. The smallest absolute Gasteiger partial charge is 0.157 e. The summed E-state index contributed by atoms with van der Waals surface area (Å²) in [5.41, 5.74) is 1.15. The summed E-state index contributed by atoms with van der Waals surface area (Å²) in [4.78, 5) is 0. The summed E-state index contributed by atoms with van der Waals surface area (Å²) in [7, 11) is 0. The molecule has 0 amide bonds. The predicted molar refractivity (Wildman–Crippen MR) is 77.6 cm³/mol. The van der Waals surface area contributed by atoms with Crippen LogP contribution in [-0.2, 0) is 6.54 Å². The Balaban J connectivity index is 1.61. The number of anilines is 1.